The Morgan fingerprint density at radius 1 is 1.38 bits per heavy atom. The lowest BCUT2D eigenvalue weighted by Gasteiger charge is -2.10. The van der Waals surface area contributed by atoms with Crippen LogP contribution in [0.5, 0.6) is 5.75 Å². The fraction of sp³-hybridized carbons (Fsp3) is 0.200. The highest BCUT2D eigenvalue weighted by molar-refractivity contribution is 5.85. The third-order valence-corrected chi connectivity index (χ3v) is 1.56. The van der Waals surface area contributed by atoms with E-state index in [9.17, 15) is 13.2 Å². The highest BCUT2D eigenvalue weighted by Gasteiger charge is 2.06. The van der Waals surface area contributed by atoms with Gasteiger partial charge in [-0.2, -0.15) is 0 Å². The molecule has 0 bridgehead atoms. The van der Waals surface area contributed by atoms with Crippen LogP contribution in [0.25, 0.3) is 0 Å². The predicted octanol–water partition coefficient (Wildman–Crippen LogP) is 2.92. The Morgan fingerprint density at radius 2 is 2.00 bits per heavy atom. The number of rotatable bonds is 3. The largest absolute Gasteiger partial charge is 0.472 e. The summed E-state index contributed by atoms with van der Waals surface area (Å²) >= 11 is 0. The molecule has 0 aromatic heterocycles. The minimum Gasteiger partial charge on any atom is -0.472 e. The van der Waals surface area contributed by atoms with Crippen molar-refractivity contribution in [1.29, 1.82) is 0 Å². The molecule has 0 radical (unpaired) electrons. The monoisotopic (exact) mass is 253 g/mol. The second-order valence-electron chi connectivity index (χ2n) is 2.91. The average molecular weight is 254 g/mol. The molecular formula is C10H11ClF3NO. The molecule has 0 saturated carbocycles. The fourth-order valence-electron chi connectivity index (χ4n) is 0.968. The van der Waals surface area contributed by atoms with Crippen LogP contribution in [0, 0.1) is 11.6 Å². The van der Waals surface area contributed by atoms with Crippen molar-refractivity contribution in [2.24, 2.45) is 5.73 Å². The Hall–Kier alpha value is -1.20. The Kier molecular flexibility index (Phi) is 5.92. The first kappa shape index (κ1) is 14.8. The van der Waals surface area contributed by atoms with Crippen molar-refractivity contribution in [3.05, 3.63) is 41.7 Å². The fourth-order valence-corrected chi connectivity index (χ4v) is 0.968. The number of hydrogen-bond donors (Lipinski definition) is 1. The van der Waals surface area contributed by atoms with Gasteiger partial charge in [0.05, 0.1) is 5.83 Å². The van der Waals surface area contributed by atoms with Crippen LogP contribution >= 0.6 is 12.4 Å². The number of benzene rings is 1. The SMILES string of the molecule is C/C(F)=C/C(N)Oc1ccc(F)c(F)c1.Cl. The first-order valence-corrected chi connectivity index (χ1v) is 4.20. The van der Waals surface area contributed by atoms with E-state index in [0.29, 0.717) is 0 Å². The molecule has 2 nitrogen and oxygen atoms in total. The molecule has 0 amide bonds. The molecule has 0 aliphatic carbocycles. The van der Waals surface area contributed by atoms with E-state index in [0.717, 1.165) is 18.2 Å². The third kappa shape index (κ3) is 4.55. The molecule has 1 unspecified atom stereocenters. The first-order valence-electron chi connectivity index (χ1n) is 4.20. The zero-order valence-electron chi connectivity index (χ0n) is 8.41. The van der Waals surface area contributed by atoms with Crippen LogP contribution in [0.3, 0.4) is 0 Å². The molecule has 16 heavy (non-hydrogen) atoms. The summed E-state index contributed by atoms with van der Waals surface area (Å²) in [5, 5.41) is 0. The van der Waals surface area contributed by atoms with Crippen LogP contribution in [0.4, 0.5) is 13.2 Å². The molecule has 6 heteroatoms. The van der Waals surface area contributed by atoms with Gasteiger partial charge in [-0.1, -0.05) is 0 Å². The summed E-state index contributed by atoms with van der Waals surface area (Å²) in [5.74, 6) is -2.49. The highest BCUT2D eigenvalue weighted by atomic mass is 35.5. The normalized spacial score (nSPS) is 12.9. The van der Waals surface area contributed by atoms with Gasteiger partial charge in [0.25, 0.3) is 0 Å². The molecule has 0 heterocycles. The van der Waals surface area contributed by atoms with Gasteiger partial charge in [0, 0.05) is 12.1 Å². The van der Waals surface area contributed by atoms with Gasteiger partial charge in [0.15, 0.2) is 17.9 Å². The van der Waals surface area contributed by atoms with Crippen molar-refractivity contribution in [2.75, 3.05) is 0 Å². The van der Waals surface area contributed by atoms with E-state index in [1.165, 1.54) is 13.0 Å². The summed E-state index contributed by atoms with van der Waals surface area (Å²) in [6, 6.07) is 2.96. The molecular weight excluding hydrogens is 243 g/mol. The van der Waals surface area contributed by atoms with Crippen molar-refractivity contribution >= 4 is 12.4 Å². The highest BCUT2D eigenvalue weighted by Crippen LogP contribution is 2.16. The lowest BCUT2D eigenvalue weighted by atomic mass is 10.3. The molecule has 2 N–H and O–H groups in total. The lowest BCUT2D eigenvalue weighted by Crippen LogP contribution is -2.24. The molecule has 0 spiro atoms. The number of allylic oxidation sites excluding steroid dienone is 1. The van der Waals surface area contributed by atoms with Crippen molar-refractivity contribution < 1.29 is 17.9 Å². The Morgan fingerprint density at radius 3 is 2.50 bits per heavy atom. The minimum absolute atomic E-state index is 0. The van der Waals surface area contributed by atoms with Crippen molar-refractivity contribution in [3.63, 3.8) is 0 Å². The maximum atomic E-state index is 12.7. The van der Waals surface area contributed by atoms with E-state index < -0.39 is 23.7 Å². The van der Waals surface area contributed by atoms with E-state index in [1.54, 1.807) is 0 Å². The summed E-state index contributed by atoms with van der Waals surface area (Å²) in [6.07, 6.45) is -0.0128. The summed E-state index contributed by atoms with van der Waals surface area (Å²) in [5.41, 5.74) is 5.34. The molecule has 0 aliphatic heterocycles. The summed E-state index contributed by atoms with van der Waals surface area (Å²) < 4.78 is 42.5. The van der Waals surface area contributed by atoms with Gasteiger partial charge in [-0.25, -0.2) is 13.2 Å². The van der Waals surface area contributed by atoms with Crippen molar-refractivity contribution in [1.82, 2.24) is 0 Å². The Balaban J connectivity index is 0.00000225. The summed E-state index contributed by atoms with van der Waals surface area (Å²) in [4.78, 5) is 0. The summed E-state index contributed by atoms with van der Waals surface area (Å²) in [7, 11) is 0. The molecule has 90 valence electrons. The van der Waals surface area contributed by atoms with Crippen molar-refractivity contribution in [3.8, 4) is 5.75 Å². The van der Waals surface area contributed by atoms with Gasteiger partial charge in [0.1, 0.15) is 5.75 Å². The molecule has 1 atom stereocenters. The van der Waals surface area contributed by atoms with Gasteiger partial charge in [0.2, 0.25) is 0 Å². The first-order chi connectivity index (χ1) is 6.99. The minimum atomic E-state index is -1.04. The molecule has 1 aromatic carbocycles. The number of ether oxygens (including phenoxy) is 1. The predicted molar refractivity (Wildman–Crippen MR) is 57.1 cm³/mol. The van der Waals surface area contributed by atoms with E-state index in [4.69, 9.17) is 10.5 Å². The van der Waals surface area contributed by atoms with Crippen LogP contribution in [-0.4, -0.2) is 6.23 Å². The second-order valence-corrected chi connectivity index (χ2v) is 2.91. The van der Waals surface area contributed by atoms with E-state index in [-0.39, 0.29) is 18.2 Å². The maximum absolute atomic E-state index is 12.7. The van der Waals surface area contributed by atoms with E-state index >= 15 is 0 Å². The maximum Gasteiger partial charge on any atom is 0.169 e. The van der Waals surface area contributed by atoms with Crippen LogP contribution in [0.15, 0.2) is 30.1 Å². The third-order valence-electron chi connectivity index (χ3n) is 1.56. The van der Waals surface area contributed by atoms with Gasteiger partial charge in [-0.15, -0.1) is 12.4 Å². The Labute approximate surface area is 97.3 Å². The van der Waals surface area contributed by atoms with Crippen LogP contribution in [0.2, 0.25) is 0 Å². The van der Waals surface area contributed by atoms with Crippen molar-refractivity contribution in [2.45, 2.75) is 13.2 Å². The lowest BCUT2D eigenvalue weighted by molar-refractivity contribution is 0.252. The van der Waals surface area contributed by atoms with Crippen LogP contribution in [0.1, 0.15) is 6.92 Å². The number of nitrogens with two attached hydrogens (primary N) is 1. The smallest absolute Gasteiger partial charge is 0.169 e. The molecule has 0 aliphatic rings. The average Bonchev–Trinajstić information content (AvgIpc) is 2.10. The van der Waals surface area contributed by atoms with Gasteiger partial charge in [-0.05, 0) is 19.1 Å². The van der Waals surface area contributed by atoms with Crippen LogP contribution < -0.4 is 10.5 Å². The van der Waals surface area contributed by atoms with Gasteiger partial charge < -0.3 is 4.74 Å². The molecule has 0 saturated heterocycles. The van der Waals surface area contributed by atoms with Gasteiger partial charge in [-0.3, -0.25) is 5.73 Å². The zero-order valence-corrected chi connectivity index (χ0v) is 9.23. The zero-order chi connectivity index (χ0) is 11.4. The van der Waals surface area contributed by atoms with E-state index in [2.05, 4.69) is 0 Å². The summed E-state index contributed by atoms with van der Waals surface area (Å²) in [6.45, 7) is 1.20. The Bertz CT molecular complexity index is 380. The second kappa shape index (κ2) is 6.40. The standard InChI is InChI=1S/C10H10F3NO.ClH/c1-6(11)4-10(14)15-7-2-3-8(12)9(13)5-7;/h2-5,10H,14H2,1H3;1H/b6-4-;. The quantitative estimate of drug-likeness (QED) is 0.841. The molecule has 0 fully saturated rings. The molecule has 1 rings (SSSR count). The van der Waals surface area contributed by atoms with Gasteiger partial charge >= 0.3 is 0 Å². The van der Waals surface area contributed by atoms with E-state index in [1.807, 2.05) is 0 Å². The topological polar surface area (TPSA) is 35.2 Å². The molecule has 1 aromatic rings. The number of hydrogen-bond acceptors (Lipinski definition) is 2. The number of halogens is 4. The van der Waals surface area contributed by atoms with Crippen LogP contribution in [-0.2, 0) is 0 Å².